The maximum Gasteiger partial charge on any atom is 0.322 e. The average molecular weight is 467 g/mol. The van der Waals surface area contributed by atoms with Crippen molar-refractivity contribution in [2.75, 3.05) is 18.7 Å². The van der Waals surface area contributed by atoms with E-state index < -0.39 is 11.8 Å². The van der Waals surface area contributed by atoms with Crippen LogP contribution in [0, 0.1) is 5.82 Å². The second kappa shape index (κ2) is 10.3. The van der Waals surface area contributed by atoms with Crippen LogP contribution in [0.2, 0.25) is 0 Å². The zero-order chi connectivity index (χ0) is 24.1. The van der Waals surface area contributed by atoms with E-state index in [0.717, 1.165) is 5.56 Å². The quantitative estimate of drug-likeness (QED) is 0.523. The number of ether oxygens (including phenoxy) is 2. The van der Waals surface area contributed by atoms with Crippen LogP contribution in [0.4, 0.5) is 14.9 Å². The number of furan rings is 1. The molecule has 0 saturated carbocycles. The number of benzene rings is 2. The van der Waals surface area contributed by atoms with Crippen LogP contribution in [0.1, 0.15) is 25.2 Å². The highest BCUT2D eigenvalue weighted by Crippen LogP contribution is 2.33. The van der Waals surface area contributed by atoms with Crippen molar-refractivity contribution in [3.63, 3.8) is 0 Å². The fourth-order valence-electron chi connectivity index (χ4n) is 3.58. The van der Waals surface area contributed by atoms with Crippen molar-refractivity contribution in [3.05, 3.63) is 78.0 Å². The number of anilines is 1. The van der Waals surface area contributed by atoms with Gasteiger partial charge in [-0.15, -0.1) is 0 Å². The Morgan fingerprint density at radius 1 is 1.03 bits per heavy atom. The molecule has 178 valence electrons. The monoisotopic (exact) mass is 467 g/mol. The van der Waals surface area contributed by atoms with Crippen LogP contribution in [0.5, 0.6) is 11.5 Å². The second-order valence-electron chi connectivity index (χ2n) is 8.18. The van der Waals surface area contributed by atoms with E-state index in [1.807, 2.05) is 26.0 Å². The Balaban J connectivity index is 1.50. The third kappa shape index (κ3) is 5.67. The summed E-state index contributed by atoms with van der Waals surface area (Å²) in [4.78, 5) is 29.3. The van der Waals surface area contributed by atoms with Gasteiger partial charge in [0, 0.05) is 18.3 Å². The van der Waals surface area contributed by atoms with Gasteiger partial charge in [-0.3, -0.25) is 4.79 Å². The number of fused-ring (bicyclic) bond motifs is 1. The topological polar surface area (TPSA) is 84.2 Å². The van der Waals surface area contributed by atoms with Gasteiger partial charge in [0.05, 0.1) is 12.8 Å². The summed E-state index contributed by atoms with van der Waals surface area (Å²) in [6, 6.07) is 13.9. The van der Waals surface area contributed by atoms with Gasteiger partial charge in [0.1, 0.15) is 18.1 Å². The highest BCUT2D eigenvalue weighted by atomic mass is 19.1. The Morgan fingerprint density at radius 3 is 2.59 bits per heavy atom. The first-order chi connectivity index (χ1) is 16.4. The van der Waals surface area contributed by atoms with Crippen molar-refractivity contribution in [2.45, 2.75) is 33.0 Å². The predicted octanol–water partition coefficient (Wildman–Crippen LogP) is 4.62. The lowest BCUT2D eigenvalue weighted by Crippen LogP contribution is -2.47. The molecule has 1 aromatic heterocycles. The van der Waals surface area contributed by atoms with Crippen molar-refractivity contribution in [1.82, 2.24) is 9.80 Å². The van der Waals surface area contributed by atoms with Crippen LogP contribution >= 0.6 is 0 Å². The van der Waals surface area contributed by atoms with Gasteiger partial charge in [0.2, 0.25) is 12.7 Å². The van der Waals surface area contributed by atoms with Crippen LogP contribution in [0.25, 0.3) is 0 Å². The third-order valence-electron chi connectivity index (χ3n) is 5.36. The molecule has 3 aromatic rings. The van der Waals surface area contributed by atoms with Gasteiger partial charge in [0.25, 0.3) is 0 Å². The maximum atomic E-state index is 13.5. The summed E-state index contributed by atoms with van der Waals surface area (Å²) in [7, 11) is 0. The minimum absolute atomic E-state index is 0.163. The molecule has 2 heterocycles. The highest BCUT2D eigenvalue weighted by Gasteiger charge is 2.25. The molecule has 4 rings (SSSR count). The lowest BCUT2D eigenvalue weighted by Gasteiger charge is -2.30. The van der Waals surface area contributed by atoms with Crippen molar-refractivity contribution < 1.29 is 27.9 Å². The number of carbonyl (C=O) groups is 2. The smallest absolute Gasteiger partial charge is 0.322 e. The molecule has 0 aliphatic carbocycles. The summed E-state index contributed by atoms with van der Waals surface area (Å²) < 4.78 is 29.8. The molecule has 0 unspecified atom stereocenters. The highest BCUT2D eigenvalue weighted by molar-refractivity contribution is 5.92. The molecule has 0 spiro atoms. The number of hydrogen-bond donors (Lipinski definition) is 1. The molecule has 1 aliphatic rings. The van der Waals surface area contributed by atoms with E-state index in [9.17, 15) is 14.0 Å². The number of nitrogens with one attached hydrogen (secondary N) is 1. The summed E-state index contributed by atoms with van der Waals surface area (Å²) in [5.74, 6) is 1.18. The van der Waals surface area contributed by atoms with Gasteiger partial charge in [-0.2, -0.15) is 0 Å². The maximum absolute atomic E-state index is 13.5. The summed E-state index contributed by atoms with van der Waals surface area (Å²) >= 11 is 0. The van der Waals surface area contributed by atoms with Gasteiger partial charge >= 0.3 is 6.03 Å². The Morgan fingerprint density at radius 2 is 1.85 bits per heavy atom. The molecule has 0 saturated heterocycles. The first-order valence-electron chi connectivity index (χ1n) is 10.9. The molecule has 3 amide bonds. The lowest BCUT2D eigenvalue weighted by atomic mass is 10.1. The summed E-state index contributed by atoms with van der Waals surface area (Å²) in [6.07, 6.45) is 1.55. The summed E-state index contributed by atoms with van der Waals surface area (Å²) in [5.41, 5.74) is 1.17. The van der Waals surface area contributed by atoms with Gasteiger partial charge in [-0.05, 0) is 61.9 Å². The minimum atomic E-state index is -0.491. The van der Waals surface area contributed by atoms with Crippen molar-refractivity contribution in [3.8, 4) is 11.5 Å². The molecule has 1 aliphatic heterocycles. The predicted molar refractivity (Wildman–Crippen MR) is 123 cm³/mol. The zero-order valence-electron chi connectivity index (χ0n) is 19.0. The number of urea groups is 1. The number of amides is 3. The largest absolute Gasteiger partial charge is 0.467 e. The summed E-state index contributed by atoms with van der Waals surface area (Å²) in [5, 5.41) is 2.66. The Labute approximate surface area is 196 Å². The van der Waals surface area contributed by atoms with E-state index in [-0.39, 0.29) is 38.4 Å². The minimum Gasteiger partial charge on any atom is -0.467 e. The first kappa shape index (κ1) is 23.2. The number of carbonyl (C=O) groups excluding carboxylic acids is 2. The molecular formula is C25H26FN3O5. The van der Waals surface area contributed by atoms with Crippen LogP contribution in [-0.2, 0) is 17.9 Å². The number of rotatable bonds is 8. The molecular weight excluding hydrogens is 441 g/mol. The Hall–Kier alpha value is -4.01. The molecule has 2 aromatic carbocycles. The van der Waals surface area contributed by atoms with Crippen molar-refractivity contribution in [1.29, 1.82) is 0 Å². The van der Waals surface area contributed by atoms with Gasteiger partial charge in [-0.25, -0.2) is 9.18 Å². The second-order valence-corrected chi connectivity index (χ2v) is 8.18. The van der Waals surface area contributed by atoms with Gasteiger partial charge in [-0.1, -0.05) is 12.1 Å². The fourth-order valence-corrected chi connectivity index (χ4v) is 3.58. The first-order valence-corrected chi connectivity index (χ1v) is 10.9. The number of halogens is 1. The van der Waals surface area contributed by atoms with E-state index in [2.05, 4.69) is 5.32 Å². The molecule has 0 bridgehead atoms. The SMILES string of the molecule is CC(C)N(CC(=O)N(Cc1ccc2c(c1)OCO2)Cc1ccco1)C(=O)Nc1cccc(F)c1. The van der Waals surface area contributed by atoms with Crippen molar-refractivity contribution >= 4 is 17.6 Å². The molecule has 8 nitrogen and oxygen atoms in total. The van der Waals surface area contributed by atoms with Gasteiger partial charge < -0.3 is 29.0 Å². The molecule has 9 heteroatoms. The molecule has 34 heavy (non-hydrogen) atoms. The standard InChI is InChI=1S/C25H26FN3O5/c1-17(2)29(25(31)27-20-6-3-5-19(26)12-20)15-24(30)28(14-21-7-4-10-32-21)13-18-8-9-22-23(11-18)34-16-33-22/h3-12,17H,13-16H2,1-2H3,(H,27,31). The Bertz CT molecular complexity index is 1150. The van der Waals surface area contributed by atoms with E-state index in [1.165, 1.54) is 23.1 Å². The normalized spacial score (nSPS) is 12.0. The number of hydrogen-bond acceptors (Lipinski definition) is 5. The van der Waals surface area contributed by atoms with Crippen LogP contribution in [0.15, 0.2) is 65.3 Å². The van der Waals surface area contributed by atoms with Crippen molar-refractivity contribution in [2.24, 2.45) is 0 Å². The molecule has 0 atom stereocenters. The lowest BCUT2D eigenvalue weighted by molar-refractivity contribution is -0.133. The van der Waals surface area contributed by atoms with E-state index >= 15 is 0 Å². The average Bonchev–Trinajstić information content (AvgIpc) is 3.48. The Kier molecular flexibility index (Phi) is 7.01. The third-order valence-corrected chi connectivity index (χ3v) is 5.36. The zero-order valence-corrected chi connectivity index (χ0v) is 19.0. The van der Waals surface area contributed by atoms with E-state index in [1.54, 1.807) is 35.4 Å². The van der Waals surface area contributed by atoms with Crippen LogP contribution in [-0.4, -0.2) is 41.1 Å². The molecule has 0 fully saturated rings. The molecule has 1 N–H and O–H groups in total. The van der Waals surface area contributed by atoms with E-state index in [4.69, 9.17) is 13.9 Å². The van der Waals surface area contributed by atoms with Crippen LogP contribution in [0.3, 0.4) is 0 Å². The summed E-state index contributed by atoms with van der Waals surface area (Å²) in [6.45, 7) is 4.15. The van der Waals surface area contributed by atoms with Gasteiger partial charge in [0.15, 0.2) is 11.5 Å². The molecule has 0 radical (unpaired) electrons. The van der Waals surface area contributed by atoms with E-state index in [0.29, 0.717) is 22.9 Å². The number of nitrogens with zero attached hydrogens (tertiary/aromatic N) is 2. The van der Waals surface area contributed by atoms with Crippen LogP contribution < -0.4 is 14.8 Å². The fraction of sp³-hybridized carbons (Fsp3) is 0.280.